The van der Waals surface area contributed by atoms with Gasteiger partial charge < -0.3 is 9.94 Å². The zero-order chi connectivity index (χ0) is 11.0. The Kier molecular flexibility index (Phi) is 2.62. The number of hydrogen-bond donors (Lipinski definition) is 1. The molecule has 0 saturated heterocycles. The minimum Gasteiger partial charge on any atom is -0.494 e. The zero-order valence-corrected chi connectivity index (χ0v) is 9.61. The molecule has 0 aromatic carbocycles. The molecule has 3 aliphatic rings. The van der Waals surface area contributed by atoms with E-state index in [2.05, 4.69) is 5.16 Å². The summed E-state index contributed by atoms with van der Waals surface area (Å²) < 4.78 is 6.11. The number of nitrogens with zero attached hydrogens (tertiary/aromatic N) is 1. The van der Waals surface area contributed by atoms with Crippen LogP contribution in [-0.2, 0) is 4.74 Å². The van der Waals surface area contributed by atoms with Gasteiger partial charge in [-0.25, -0.2) is 0 Å². The van der Waals surface area contributed by atoms with Gasteiger partial charge in [0.25, 0.3) is 0 Å². The smallest absolute Gasteiger partial charge is 0.102 e. The maximum absolute atomic E-state index is 9.02. The second-order valence-corrected chi connectivity index (χ2v) is 5.21. The number of allylic oxidation sites excluding steroid dienone is 2. The fourth-order valence-corrected chi connectivity index (χ4v) is 3.36. The molecule has 3 heteroatoms. The summed E-state index contributed by atoms with van der Waals surface area (Å²) in [5, 5.41) is 12.5. The summed E-state index contributed by atoms with van der Waals surface area (Å²) in [6.07, 6.45) is 9.69. The summed E-state index contributed by atoms with van der Waals surface area (Å²) in [7, 11) is 0. The molecule has 0 bridgehead atoms. The van der Waals surface area contributed by atoms with Crippen LogP contribution in [0.4, 0.5) is 0 Å². The van der Waals surface area contributed by atoms with E-state index < -0.39 is 0 Å². The fourth-order valence-electron chi connectivity index (χ4n) is 3.36. The molecule has 3 rings (SSSR count). The van der Waals surface area contributed by atoms with Gasteiger partial charge in [-0.3, -0.25) is 0 Å². The van der Waals surface area contributed by atoms with Crippen molar-refractivity contribution < 1.29 is 9.94 Å². The molecule has 1 saturated carbocycles. The molecule has 16 heavy (non-hydrogen) atoms. The molecule has 2 unspecified atom stereocenters. The van der Waals surface area contributed by atoms with Crippen molar-refractivity contribution in [1.29, 1.82) is 0 Å². The number of hydrogen-bond acceptors (Lipinski definition) is 3. The highest BCUT2D eigenvalue weighted by molar-refractivity contribution is 6.01. The minimum absolute atomic E-state index is 0.450. The van der Waals surface area contributed by atoms with Gasteiger partial charge in [0.05, 0.1) is 5.71 Å². The molecule has 0 amide bonds. The third-order valence-corrected chi connectivity index (χ3v) is 4.22. The van der Waals surface area contributed by atoms with E-state index in [1.54, 1.807) is 0 Å². The molecule has 0 spiro atoms. The van der Waals surface area contributed by atoms with E-state index in [0.717, 1.165) is 37.2 Å². The van der Waals surface area contributed by atoms with Crippen molar-refractivity contribution in [3.05, 3.63) is 11.3 Å². The highest BCUT2D eigenvalue weighted by Gasteiger charge is 2.36. The van der Waals surface area contributed by atoms with Gasteiger partial charge in [0.1, 0.15) is 11.9 Å². The van der Waals surface area contributed by atoms with Gasteiger partial charge in [-0.05, 0) is 38.5 Å². The summed E-state index contributed by atoms with van der Waals surface area (Å²) >= 11 is 0. The van der Waals surface area contributed by atoms with Crippen molar-refractivity contribution in [1.82, 2.24) is 0 Å². The Morgan fingerprint density at radius 3 is 2.88 bits per heavy atom. The van der Waals surface area contributed by atoms with Crippen LogP contribution in [0.1, 0.15) is 51.4 Å². The maximum atomic E-state index is 9.02. The summed E-state index contributed by atoms with van der Waals surface area (Å²) in [5.74, 6) is 1.80. The van der Waals surface area contributed by atoms with Crippen molar-refractivity contribution >= 4 is 5.71 Å². The third-order valence-electron chi connectivity index (χ3n) is 4.22. The van der Waals surface area contributed by atoms with Crippen LogP contribution in [0.2, 0.25) is 0 Å². The molecule has 0 aromatic rings. The van der Waals surface area contributed by atoms with Crippen LogP contribution in [0, 0.1) is 5.92 Å². The Bertz CT molecular complexity index is 346. The largest absolute Gasteiger partial charge is 0.494 e. The quantitative estimate of drug-likeness (QED) is 0.504. The molecule has 88 valence electrons. The van der Waals surface area contributed by atoms with Crippen LogP contribution < -0.4 is 0 Å². The van der Waals surface area contributed by atoms with Crippen LogP contribution in [0.25, 0.3) is 0 Å². The first-order valence-electron chi connectivity index (χ1n) is 6.48. The molecule has 3 nitrogen and oxygen atoms in total. The van der Waals surface area contributed by atoms with Gasteiger partial charge >= 0.3 is 0 Å². The second kappa shape index (κ2) is 4.11. The lowest BCUT2D eigenvalue weighted by Gasteiger charge is -2.39. The van der Waals surface area contributed by atoms with E-state index in [-0.39, 0.29) is 0 Å². The van der Waals surface area contributed by atoms with Gasteiger partial charge in [0.15, 0.2) is 0 Å². The molecular formula is C13H19NO2. The molecule has 2 atom stereocenters. The first-order chi connectivity index (χ1) is 7.88. The monoisotopic (exact) mass is 221 g/mol. The normalized spacial score (nSPS) is 36.6. The molecule has 1 aliphatic heterocycles. The van der Waals surface area contributed by atoms with Crippen molar-refractivity contribution in [2.24, 2.45) is 11.1 Å². The molecule has 1 N–H and O–H groups in total. The lowest BCUT2D eigenvalue weighted by atomic mass is 9.77. The Hall–Kier alpha value is -0.990. The van der Waals surface area contributed by atoms with E-state index in [4.69, 9.17) is 9.94 Å². The summed E-state index contributed by atoms with van der Waals surface area (Å²) in [5.41, 5.74) is 2.10. The first kappa shape index (κ1) is 10.2. The average molecular weight is 221 g/mol. The molecule has 1 fully saturated rings. The summed E-state index contributed by atoms with van der Waals surface area (Å²) in [6.45, 7) is 0. The van der Waals surface area contributed by atoms with Crippen LogP contribution in [0.5, 0.6) is 0 Å². The standard InChI is InChI=1S/C13H19NO2/c15-14-11-5-3-7-13-10(11)8-9-4-1-2-6-12(9)16-13/h9,12,15H,1-8H2. The maximum Gasteiger partial charge on any atom is 0.102 e. The Morgan fingerprint density at radius 1 is 1.12 bits per heavy atom. The predicted molar refractivity (Wildman–Crippen MR) is 61.5 cm³/mol. The highest BCUT2D eigenvalue weighted by Crippen LogP contribution is 2.41. The number of rotatable bonds is 0. The Balaban J connectivity index is 1.88. The predicted octanol–water partition coefficient (Wildman–Crippen LogP) is 3.23. The van der Waals surface area contributed by atoms with Crippen molar-refractivity contribution in [2.75, 3.05) is 0 Å². The van der Waals surface area contributed by atoms with Crippen molar-refractivity contribution in [3.63, 3.8) is 0 Å². The van der Waals surface area contributed by atoms with Gasteiger partial charge in [-0.2, -0.15) is 0 Å². The van der Waals surface area contributed by atoms with E-state index >= 15 is 0 Å². The molecule has 0 radical (unpaired) electrons. The summed E-state index contributed by atoms with van der Waals surface area (Å²) in [6, 6.07) is 0. The van der Waals surface area contributed by atoms with Crippen LogP contribution in [0.15, 0.2) is 16.5 Å². The van der Waals surface area contributed by atoms with Crippen LogP contribution >= 0.6 is 0 Å². The topological polar surface area (TPSA) is 41.8 Å². The van der Waals surface area contributed by atoms with E-state index in [1.165, 1.54) is 31.3 Å². The zero-order valence-electron chi connectivity index (χ0n) is 9.61. The van der Waals surface area contributed by atoms with Gasteiger partial charge in [0.2, 0.25) is 0 Å². The fraction of sp³-hybridized carbons (Fsp3) is 0.769. The molecule has 2 aliphatic carbocycles. The van der Waals surface area contributed by atoms with Gasteiger partial charge in [0, 0.05) is 17.9 Å². The molecule has 0 aromatic heterocycles. The lowest BCUT2D eigenvalue weighted by Crippen LogP contribution is -2.34. The lowest BCUT2D eigenvalue weighted by molar-refractivity contribution is 0.0121. The van der Waals surface area contributed by atoms with E-state index in [0.29, 0.717) is 12.0 Å². The summed E-state index contributed by atoms with van der Waals surface area (Å²) in [4.78, 5) is 0. The number of oxime groups is 1. The first-order valence-corrected chi connectivity index (χ1v) is 6.48. The average Bonchev–Trinajstić information content (AvgIpc) is 2.35. The van der Waals surface area contributed by atoms with E-state index in [9.17, 15) is 0 Å². The molecular weight excluding hydrogens is 202 g/mol. The second-order valence-electron chi connectivity index (χ2n) is 5.21. The van der Waals surface area contributed by atoms with E-state index in [1.807, 2.05) is 0 Å². The third kappa shape index (κ3) is 1.62. The minimum atomic E-state index is 0.450. The number of ether oxygens (including phenoxy) is 1. The Morgan fingerprint density at radius 2 is 2.00 bits per heavy atom. The van der Waals surface area contributed by atoms with Crippen molar-refractivity contribution in [3.8, 4) is 0 Å². The van der Waals surface area contributed by atoms with Crippen molar-refractivity contribution in [2.45, 2.75) is 57.5 Å². The highest BCUT2D eigenvalue weighted by atomic mass is 16.5. The SMILES string of the molecule is ON=C1CCCC2=C1CC1CCCCC1O2. The Labute approximate surface area is 96.2 Å². The van der Waals surface area contributed by atoms with Crippen LogP contribution in [0.3, 0.4) is 0 Å². The van der Waals surface area contributed by atoms with Gasteiger partial charge in [-0.1, -0.05) is 11.6 Å². The molecule has 1 heterocycles. The van der Waals surface area contributed by atoms with Crippen LogP contribution in [-0.4, -0.2) is 17.0 Å². The van der Waals surface area contributed by atoms with Gasteiger partial charge in [-0.15, -0.1) is 0 Å². The number of fused-ring (bicyclic) bond motifs is 1.